The van der Waals surface area contributed by atoms with E-state index in [0.29, 0.717) is 18.2 Å². The molecule has 1 aromatic carbocycles. The smallest absolute Gasteiger partial charge is 0.352 e. The van der Waals surface area contributed by atoms with Crippen LogP contribution in [0.15, 0.2) is 42.6 Å². The zero-order valence-electron chi connectivity index (χ0n) is 15.1. The van der Waals surface area contributed by atoms with Crippen LogP contribution in [0.4, 0.5) is 13.2 Å². The Balaban J connectivity index is 1.71. The van der Waals surface area contributed by atoms with Crippen LogP contribution in [0, 0.1) is 0 Å². The lowest BCUT2D eigenvalue weighted by Gasteiger charge is -2.19. The molecule has 1 unspecified atom stereocenters. The Kier molecular flexibility index (Phi) is 5.79. The first-order chi connectivity index (χ1) is 12.9. The highest BCUT2D eigenvalue weighted by Crippen LogP contribution is 2.35. The van der Waals surface area contributed by atoms with Crippen molar-refractivity contribution in [3.63, 3.8) is 0 Å². The number of hydrogen-bond donors (Lipinski definition) is 1. The van der Waals surface area contributed by atoms with Gasteiger partial charge in [-0.1, -0.05) is 12.1 Å². The first-order valence-corrected chi connectivity index (χ1v) is 8.97. The van der Waals surface area contributed by atoms with E-state index in [9.17, 15) is 18.0 Å². The molecule has 1 aliphatic rings. The van der Waals surface area contributed by atoms with Gasteiger partial charge >= 0.3 is 6.18 Å². The van der Waals surface area contributed by atoms with Crippen LogP contribution in [0.3, 0.4) is 0 Å². The predicted octanol–water partition coefficient (Wildman–Crippen LogP) is 3.98. The molecule has 2 aromatic rings. The number of hydrogen-bond acceptors (Lipinski definition) is 3. The first-order valence-electron chi connectivity index (χ1n) is 8.97. The molecule has 0 aliphatic carbocycles. The summed E-state index contributed by atoms with van der Waals surface area (Å²) in [5.41, 5.74) is -0.392. The zero-order valence-corrected chi connectivity index (χ0v) is 15.1. The average Bonchev–Trinajstić information content (AvgIpc) is 3.06. The molecule has 0 spiro atoms. The first kappa shape index (κ1) is 19.4. The number of alkyl halides is 3. The summed E-state index contributed by atoms with van der Waals surface area (Å²) < 4.78 is 39.6. The number of pyridine rings is 1. The van der Waals surface area contributed by atoms with Crippen LogP contribution in [0.5, 0.6) is 0 Å². The van der Waals surface area contributed by atoms with Crippen LogP contribution in [0.1, 0.15) is 35.2 Å². The van der Waals surface area contributed by atoms with Gasteiger partial charge in [-0.25, -0.2) is 0 Å². The van der Waals surface area contributed by atoms with Crippen molar-refractivity contribution in [3.05, 3.63) is 53.7 Å². The number of likely N-dealkylation sites (tertiary alicyclic amines) is 1. The van der Waals surface area contributed by atoms with Crippen LogP contribution >= 0.6 is 0 Å². The molecule has 1 aromatic heterocycles. The van der Waals surface area contributed by atoms with Gasteiger partial charge in [0.15, 0.2) is 0 Å². The maximum absolute atomic E-state index is 13.2. The minimum atomic E-state index is -4.50. The highest BCUT2D eigenvalue weighted by Gasteiger charge is 2.34. The van der Waals surface area contributed by atoms with E-state index in [4.69, 9.17) is 0 Å². The summed E-state index contributed by atoms with van der Waals surface area (Å²) in [5, 5.41) is 2.86. The average molecular weight is 377 g/mol. The van der Waals surface area contributed by atoms with Gasteiger partial charge in [0.1, 0.15) is 0 Å². The molecule has 144 valence electrons. The van der Waals surface area contributed by atoms with Crippen LogP contribution < -0.4 is 5.32 Å². The molecule has 0 bridgehead atoms. The quantitative estimate of drug-likeness (QED) is 0.857. The van der Waals surface area contributed by atoms with Crippen LogP contribution in [-0.4, -0.2) is 42.0 Å². The van der Waals surface area contributed by atoms with E-state index in [1.165, 1.54) is 30.8 Å². The van der Waals surface area contributed by atoms with Gasteiger partial charge in [0, 0.05) is 29.9 Å². The predicted molar refractivity (Wildman–Crippen MR) is 97.3 cm³/mol. The normalized spacial score (nSPS) is 17.9. The molecule has 4 nitrogen and oxygen atoms in total. The number of carbonyl (C=O) groups excluding carboxylic acids is 1. The highest BCUT2D eigenvalue weighted by molar-refractivity contribution is 5.95. The van der Waals surface area contributed by atoms with Gasteiger partial charge in [-0.15, -0.1) is 0 Å². The molecule has 7 heteroatoms. The Morgan fingerprint density at radius 1 is 1.30 bits per heavy atom. The molecule has 1 N–H and O–H groups in total. The Morgan fingerprint density at radius 3 is 2.81 bits per heavy atom. The minimum absolute atomic E-state index is 0.174. The summed E-state index contributed by atoms with van der Waals surface area (Å²) in [6.07, 6.45) is -0.0322. The molecule has 3 rings (SSSR count). The molecule has 2 heterocycles. The van der Waals surface area contributed by atoms with Gasteiger partial charge in [-0.05, 0) is 57.1 Å². The van der Waals surface area contributed by atoms with Crippen molar-refractivity contribution in [2.45, 2.75) is 31.5 Å². The van der Waals surface area contributed by atoms with Crippen molar-refractivity contribution in [2.24, 2.45) is 0 Å². The third kappa shape index (κ3) is 4.66. The molecular weight excluding hydrogens is 355 g/mol. The summed E-state index contributed by atoms with van der Waals surface area (Å²) in [4.78, 5) is 18.6. The van der Waals surface area contributed by atoms with Gasteiger partial charge in [0.25, 0.3) is 5.91 Å². The number of amides is 1. The SMILES string of the molecule is CN1CCCC1CCNC(=O)c1cccc(-c2ncccc2C(F)(F)F)c1. The molecule has 1 saturated heterocycles. The fraction of sp³-hybridized carbons (Fsp3) is 0.400. The Bertz CT molecular complexity index is 807. The Morgan fingerprint density at radius 2 is 2.11 bits per heavy atom. The summed E-state index contributed by atoms with van der Waals surface area (Å²) >= 11 is 0. The standard InChI is InChI=1S/C20H22F3N3O/c1-26-12-4-7-16(26)9-11-25-19(27)15-6-2-5-14(13-15)18-17(20(21,22)23)8-3-10-24-18/h2-3,5-6,8,10,13,16H,4,7,9,11-12H2,1H3,(H,25,27). The maximum atomic E-state index is 13.2. The molecule has 1 aliphatic heterocycles. The summed E-state index contributed by atoms with van der Waals surface area (Å²) in [5.74, 6) is -0.290. The van der Waals surface area contributed by atoms with E-state index in [0.717, 1.165) is 25.5 Å². The van der Waals surface area contributed by atoms with Gasteiger partial charge in [0.05, 0.1) is 11.3 Å². The second-order valence-electron chi connectivity index (χ2n) is 6.80. The van der Waals surface area contributed by atoms with E-state index in [-0.39, 0.29) is 17.2 Å². The third-order valence-electron chi connectivity index (χ3n) is 4.95. The zero-order chi connectivity index (χ0) is 19.4. The number of carbonyl (C=O) groups is 1. The number of halogens is 3. The van der Waals surface area contributed by atoms with Crippen molar-refractivity contribution in [1.82, 2.24) is 15.2 Å². The van der Waals surface area contributed by atoms with Crippen molar-refractivity contribution < 1.29 is 18.0 Å². The number of benzene rings is 1. The molecular formula is C20H22F3N3O. The van der Waals surface area contributed by atoms with Crippen molar-refractivity contribution in [3.8, 4) is 11.3 Å². The van der Waals surface area contributed by atoms with E-state index in [1.54, 1.807) is 12.1 Å². The van der Waals surface area contributed by atoms with Crippen molar-refractivity contribution in [1.29, 1.82) is 0 Å². The molecule has 1 amide bonds. The van der Waals surface area contributed by atoms with Crippen LogP contribution in [0.2, 0.25) is 0 Å². The lowest BCUT2D eigenvalue weighted by Crippen LogP contribution is -2.31. The topological polar surface area (TPSA) is 45.2 Å². The number of rotatable bonds is 5. The lowest BCUT2D eigenvalue weighted by atomic mass is 10.0. The van der Waals surface area contributed by atoms with E-state index < -0.39 is 11.7 Å². The van der Waals surface area contributed by atoms with E-state index in [2.05, 4.69) is 22.2 Å². The largest absolute Gasteiger partial charge is 0.418 e. The molecule has 0 saturated carbocycles. The second-order valence-corrected chi connectivity index (χ2v) is 6.80. The monoisotopic (exact) mass is 377 g/mol. The summed E-state index contributed by atoms with van der Waals surface area (Å²) in [6.45, 7) is 1.61. The molecule has 0 radical (unpaired) electrons. The molecule has 27 heavy (non-hydrogen) atoms. The van der Waals surface area contributed by atoms with Gasteiger partial charge in [-0.2, -0.15) is 13.2 Å². The van der Waals surface area contributed by atoms with Crippen molar-refractivity contribution in [2.75, 3.05) is 20.1 Å². The van der Waals surface area contributed by atoms with Gasteiger partial charge in [0.2, 0.25) is 0 Å². The van der Waals surface area contributed by atoms with Gasteiger partial charge < -0.3 is 10.2 Å². The van der Waals surface area contributed by atoms with Gasteiger partial charge in [-0.3, -0.25) is 9.78 Å². The molecule has 1 fully saturated rings. The van der Waals surface area contributed by atoms with E-state index >= 15 is 0 Å². The minimum Gasteiger partial charge on any atom is -0.352 e. The van der Waals surface area contributed by atoms with Crippen LogP contribution in [0.25, 0.3) is 11.3 Å². The number of aromatic nitrogens is 1. The fourth-order valence-electron chi connectivity index (χ4n) is 3.47. The lowest BCUT2D eigenvalue weighted by molar-refractivity contribution is -0.137. The number of nitrogens with one attached hydrogen (secondary N) is 1. The highest BCUT2D eigenvalue weighted by atomic mass is 19.4. The van der Waals surface area contributed by atoms with E-state index in [1.807, 2.05) is 0 Å². The van der Waals surface area contributed by atoms with Crippen LogP contribution in [-0.2, 0) is 6.18 Å². The molecule has 1 atom stereocenters. The summed E-state index contributed by atoms with van der Waals surface area (Å²) in [7, 11) is 2.08. The Hall–Kier alpha value is -2.41. The summed E-state index contributed by atoms with van der Waals surface area (Å²) in [6, 6.07) is 8.87. The maximum Gasteiger partial charge on any atom is 0.418 e. The Labute approximate surface area is 156 Å². The second kappa shape index (κ2) is 8.08. The van der Waals surface area contributed by atoms with Crippen molar-refractivity contribution >= 4 is 5.91 Å². The fourth-order valence-corrected chi connectivity index (χ4v) is 3.47. The number of nitrogens with zero attached hydrogens (tertiary/aromatic N) is 2. The third-order valence-corrected chi connectivity index (χ3v) is 4.95.